The molecule has 2 aromatic rings. The van der Waals surface area contributed by atoms with Crippen molar-refractivity contribution >= 4 is 40.0 Å². The molecule has 0 fully saturated rings. The summed E-state index contributed by atoms with van der Waals surface area (Å²) in [5, 5.41) is 6.51. The van der Waals surface area contributed by atoms with Gasteiger partial charge in [0.1, 0.15) is 0 Å². The third kappa shape index (κ3) is 7.60. The Labute approximate surface area is 191 Å². The minimum atomic E-state index is -3.46. The van der Waals surface area contributed by atoms with Crippen LogP contribution in [0.5, 0.6) is 0 Å². The first-order chi connectivity index (χ1) is 13.3. The van der Waals surface area contributed by atoms with Gasteiger partial charge in [-0.2, -0.15) is 4.31 Å². The van der Waals surface area contributed by atoms with E-state index in [0.717, 1.165) is 23.6 Å². The Morgan fingerprint density at radius 3 is 2.17 bits per heavy atom. The van der Waals surface area contributed by atoms with E-state index in [1.165, 1.54) is 4.31 Å². The molecule has 0 bridgehead atoms. The molecule has 6 nitrogen and oxygen atoms in total. The number of hydrogen-bond donors (Lipinski definition) is 2. The standard InChI is InChI=1S/C21H30N4O2S.HI/c1-5-22-21(23-15-18-9-7-6-8-10-18)24-16-19-11-13-20(14-12-19)28(26,27)25(4)17(2)3;/h6-14,17H,5,15-16H2,1-4H3,(H2,22,23,24);1H. The number of halogens is 1. The van der Waals surface area contributed by atoms with Crippen LogP contribution in [0.1, 0.15) is 31.9 Å². The number of hydrogen-bond acceptors (Lipinski definition) is 3. The molecule has 0 aliphatic carbocycles. The molecule has 2 N–H and O–H groups in total. The summed E-state index contributed by atoms with van der Waals surface area (Å²) in [5.74, 6) is 0.725. The molecule has 2 aromatic carbocycles. The lowest BCUT2D eigenvalue weighted by molar-refractivity contribution is 0.410. The summed E-state index contributed by atoms with van der Waals surface area (Å²) in [4.78, 5) is 4.89. The van der Waals surface area contributed by atoms with Crippen molar-refractivity contribution in [1.82, 2.24) is 14.9 Å². The highest BCUT2D eigenvalue weighted by molar-refractivity contribution is 14.0. The monoisotopic (exact) mass is 530 g/mol. The van der Waals surface area contributed by atoms with Crippen LogP contribution in [0.2, 0.25) is 0 Å². The van der Waals surface area contributed by atoms with Gasteiger partial charge < -0.3 is 10.6 Å². The van der Waals surface area contributed by atoms with E-state index >= 15 is 0 Å². The molecule has 0 aliphatic rings. The predicted molar refractivity (Wildman–Crippen MR) is 130 cm³/mol. The maximum Gasteiger partial charge on any atom is 0.243 e. The largest absolute Gasteiger partial charge is 0.357 e. The molecule has 0 amide bonds. The zero-order valence-corrected chi connectivity index (χ0v) is 20.6. The van der Waals surface area contributed by atoms with Crippen LogP contribution in [0.25, 0.3) is 0 Å². The molecule has 0 aromatic heterocycles. The van der Waals surface area contributed by atoms with E-state index in [0.29, 0.717) is 18.0 Å². The molecule has 0 radical (unpaired) electrons. The first-order valence-electron chi connectivity index (χ1n) is 9.47. The zero-order chi connectivity index (χ0) is 20.6. The number of nitrogens with zero attached hydrogens (tertiary/aromatic N) is 2. The average Bonchev–Trinajstić information content (AvgIpc) is 2.70. The van der Waals surface area contributed by atoms with Gasteiger partial charge in [0.2, 0.25) is 10.0 Å². The quantitative estimate of drug-likeness (QED) is 0.311. The number of rotatable bonds is 8. The van der Waals surface area contributed by atoms with Crippen molar-refractivity contribution in [2.24, 2.45) is 4.99 Å². The van der Waals surface area contributed by atoms with Gasteiger partial charge in [-0.15, -0.1) is 24.0 Å². The highest BCUT2D eigenvalue weighted by Crippen LogP contribution is 2.17. The third-order valence-corrected chi connectivity index (χ3v) is 6.44. The van der Waals surface area contributed by atoms with Gasteiger partial charge in [-0.05, 0) is 44.0 Å². The predicted octanol–water partition coefficient (Wildman–Crippen LogP) is 3.59. The number of benzene rings is 2. The average molecular weight is 530 g/mol. The maximum atomic E-state index is 12.5. The van der Waals surface area contributed by atoms with Crippen molar-refractivity contribution in [1.29, 1.82) is 0 Å². The molecule has 2 rings (SSSR count). The molecule has 160 valence electrons. The first-order valence-corrected chi connectivity index (χ1v) is 10.9. The van der Waals surface area contributed by atoms with Crippen LogP contribution in [-0.2, 0) is 23.1 Å². The Morgan fingerprint density at radius 1 is 1.00 bits per heavy atom. The van der Waals surface area contributed by atoms with Gasteiger partial charge >= 0.3 is 0 Å². The summed E-state index contributed by atoms with van der Waals surface area (Å²) in [7, 11) is -1.86. The molecular weight excluding hydrogens is 499 g/mol. The van der Waals surface area contributed by atoms with Crippen molar-refractivity contribution in [2.75, 3.05) is 13.6 Å². The highest BCUT2D eigenvalue weighted by Gasteiger charge is 2.22. The lowest BCUT2D eigenvalue weighted by atomic mass is 10.2. The highest BCUT2D eigenvalue weighted by atomic mass is 127. The zero-order valence-electron chi connectivity index (χ0n) is 17.4. The molecule has 0 saturated carbocycles. The fourth-order valence-electron chi connectivity index (χ4n) is 2.50. The van der Waals surface area contributed by atoms with E-state index in [9.17, 15) is 8.42 Å². The van der Waals surface area contributed by atoms with Crippen LogP contribution in [0.15, 0.2) is 64.5 Å². The molecule has 0 aliphatic heterocycles. The Balaban J connectivity index is 0.00000420. The van der Waals surface area contributed by atoms with Gasteiger partial charge in [0, 0.05) is 26.2 Å². The van der Waals surface area contributed by atoms with E-state index in [1.54, 1.807) is 19.2 Å². The summed E-state index contributed by atoms with van der Waals surface area (Å²) in [6.45, 7) is 7.64. The number of guanidine groups is 1. The van der Waals surface area contributed by atoms with E-state index in [4.69, 9.17) is 0 Å². The van der Waals surface area contributed by atoms with Crippen molar-refractivity contribution in [2.45, 2.75) is 44.8 Å². The number of sulfonamides is 1. The van der Waals surface area contributed by atoms with E-state index in [2.05, 4.69) is 15.6 Å². The molecule has 0 atom stereocenters. The van der Waals surface area contributed by atoms with Crippen LogP contribution in [-0.4, -0.2) is 38.3 Å². The van der Waals surface area contributed by atoms with Crippen molar-refractivity contribution in [3.05, 3.63) is 65.7 Å². The third-order valence-electron chi connectivity index (χ3n) is 4.39. The molecule has 0 unspecified atom stereocenters. The van der Waals surface area contributed by atoms with Gasteiger partial charge in [-0.25, -0.2) is 13.4 Å². The second-order valence-corrected chi connectivity index (χ2v) is 8.79. The Bertz CT molecular complexity index is 869. The van der Waals surface area contributed by atoms with Crippen LogP contribution in [0.3, 0.4) is 0 Å². The fraction of sp³-hybridized carbons (Fsp3) is 0.381. The fourth-order valence-corrected chi connectivity index (χ4v) is 3.87. The number of aliphatic imine (C=N–C) groups is 1. The van der Waals surface area contributed by atoms with Crippen LogP contribution < -0.4 is 10.6 Å². The van der Waals surface area contributed by atoms with Crippen molar-refractivity contribution in [3.63, 3.8) is 0 Å². The maximum absolute atomic E-state index is 12.5. The lowest BCUT2D eigenvalue weighted by Gasteiger charge is -2.21. The van der Waals surface area contributed by atoms with Crippen LogP contribution >= 0.6 is 24.0 Å². The Morgan fingerprint density at radius 2 is 1.62 bits per heavy atom. The Kier molecular flexibility index (Phi) is 10.6. The van der Waals surface area contributed by atoms with Crippen LogP contribution in [0, 0.1) is 0 Å². The molecule has 0 saturated heterocycles. The molecular formula is C21H31IN4O2S. The van der Waals surface area contributed by atoms with Gasteiger partial charge in [-0.1, -0.05) is 42.5 Å². The van der Waals surface area contributed by atoms with Gasteiger partial charge in [0.25, 0.3) is 0 Å². The Hall–Kier alpha value is -1.65. The smallest absolute Gasteiger partial charge is 0.243 e. The molecule has 0 spiro atoms. The number of nitrogens with one attached hydrogen (secondary N) is 2. The van der Waals surface area contributed by atoms with Gasteiger partial charge in [0.15, 0.2) is 5.96 Å². The van der Waals surface area contributed by atoms with Gasteiger partial charge in [-0.3, -0.25) is 0 Å². The topological polar surface area (TPSA) is 73.8 Å². The van der Waals surface area contributed by atoms with E-state index < -0.39 is 10.0 Å². The molecule has 29 heavy (non-hydrogen) atoms. The summed E-state index contributed by atoms with van der Waals surface area (Å²) >= 11 is 0. The van der Waals surface area contributed by atoms with Crippen molar-refractivity contribution in [3.8, 4) is 0 Å². The summed E-state index contributed by atoms with van der Waals surface area (Å²) in [6, 6.07) is 16.9. The minimum absolute atomic E-state index is 0. The molecule has 0 heterocycles. The SMILES string of the molecule is CCNC(=NCc1ccccc1)NCc1ccc(S(=O)(=O)N(C)C(C)C)cc1.I. The van der Waals surface area contributed by atoms with E-state index in [-0.39, 0.29) is 30.0 Å². The second kappa shape index (κ2) is 12.1. The summed E-state index contributed by atoms with van der Waals surface area (Å²) < 4.78 is 26.4. The second-order valence-electron chi connectivity index (χ2n) is 6.79. The normalized spacial score (nSPS) is 12.0. The van der Waals surface area contributed by atoms with Crippen LogP contribution in [0.4, 0.5) is 0 Å². The summed E-state index contributed by atoms with van der Waals surface area (Å²) in [5.41, 5.74) is 2.12. The first kappa shape index (κ1) is 25.4. The summed E-state index contributed by atoms with van der Waals surface area (Å²) in [6.07, 6.45) is 0. The van der Waals surface area contributed by atoms with E-state index in [1.807, 2.05) is 63.2 Å². The molecule has 8 heteroatoms. The van der Waals surface area contributed by atoms with Gasteiger partial charge in [0.05, 0.1) is 11.4 Å². The van der Waals surface area contributed by atoms with Crippen molar-refractivity contribution < 1.29 is 8.42 Å². The minimum Gasteiger partial charge on any atom is -0.357 e. The lowest BCUT2D eigenvalue weighted by Crippen LogP contribution is -2.36.